The number of anilines is 5. The molecule has 0 heterocycles. The molecule has 2 heteroatoms. The van der Waals surface area contributed by atoms with Crippen molar-refractivity contribution in [2.24, 2.45) is 0 Å². The summed E-state index contributed by atoms with van der Waals surface area (Å²) in [5.41, 5.74) is 12.3. The highest BCUT2D eigenvalue weighted by Gasteiger charge is 2.18. The molecule has 6 rings (SSSR count). The Morgan fingerprint density at radius 3 is 2.33 bits per heavy atom. The van der Waals surface area contributed by atoms with E-state index in [1.165, 1.54) is 52.9 Å². The fourth-order valence-corrected chi connectivity index (χ4v) is 6.24. The summed E-state index contributed by atoms with van der Waals surface area (Å²) in [6, 6.07) is 31.5. The van der Waals surface area contributed by atoms with E-state index in [0.29, 0.717) is 5.92 Å². The van der Waals surface area contributed by atoms with E-state index in [9.17, 15) is 0 Å². The molecule has 2 aliphatic rings. The van der Waals surface area contributed by atoms with Crippen molar-refractivity contribution in [1.29, 1.82) is 0 Å². The maximum Gasteiger partial charge on any atom is 0.0468 e. The molecular formula is C40H40N2. The Kier molecular flexibility index (Phi) is 8.23. The minimum absolute atomic E-state index is 0.477. The summed E-state index contributed by atoms with van der Waals surface area (Å²) in [7, 11) is 2.15. The van der Waals surface area contributed by atoms with Crippen molar-refractivity contribution in [3.63, 3.8) is 0 Å². The Morgan fingerprint density at radius 1 is 0.762 bits per heavy atom. The number of rotatable bonds is 8. The third kappa shape index (κ3) is 5.76. The molecule has 0 fully saturated rings. The molecule has 4 aromatic rings. The van der Waals surface area contributed by atoms with Gasteiger partial charge in [0.1, 0.15) is 0 Å². The van der Waals surface area contributed by atoms with Crippen molar-refractivity contribution in [1.82, 2.24) is 0 Å². The molecule has 0 aliphatic heterocycles. The minimum Gasteiger partial charge on any atom is -0.345 e. The Morgan fingerprint density at radius 2 is 1.55 bits per heavy atom. The molecular weight excluding hydrogens is 508 g/mol. The van der Waals surface area contributed by atoms with Crippen LogP contribution < -0.4 is 9.80 Å². The molecule has 0 N–H and O–H groups in total. The zero-order valence-electron chi connectivity index (χ0n) is 24.8. The molecule has 0 saturated carbocycles. The number of allylic oxidation sites excluding steroid dienone is 4. The molecule has 0 saturated heterocycles. The van der Waals surface area contributed by atoms with Crippen LogP contribution in [0.3, 0.4) is 0 Å². The molecule has 2 aliphatic carbocycles. The molecule has 0 aromatic heterocycles. The average Bonchev–Trinajstić information content (AvgIpc) is 3.05. The lowest BCUT2D eigenvalue weighted by Crippen LogP contribution is -2.13. The zero-order chi connectivity index (χ0) is 28.9. The number of nitrogens with zero attached hydrogens (tertiary/aromatic N) is 2. The van der Waals surface area contributed by atoms with Crippen LogP contribution in [0.5, 0.6) is 0 Å². The molecule has 0 spiro atoms. The SMILES string of the molecule is C=Cc1ccc(N(c2ccc(N(C)c3ccc4c(c3)C=CCC4)cc2)c2cccc(C3C=CCCC3)c2)cc1/C=C\C. The van der Waals surface area contributed by atoms with Crippen LogP contribution in [0, 0.1) is 0 Å². The summed E-state index contributed by atoms with van der Waals surface area (Å²) >= 11 is 0. The summed E-state index contributed by atoms with van der Waals surface area (Å²) in [5, 5.41) is 0. The van der Waals surface area contributed by atoms with Crippen LogP contribution >= 0.6 is 0 Å². The van der Waals surface area contributed by atoms with Gasteiger partial charge >= 0.3 is 0 Å². The molecule has 2 nitrogen and oxygen atoms in total. The molecule has 0 amide bonds. The van der Waals surface area contributed by atoms with Crippen LogP contribution in [0.4, 0.5) is 28.4 Å². The topological polar surface area (TPSA) is 6.48 Å². The fourth-order valence-electron chi connectivity index (χ4n) is 6.24. The quantitative estimate of drug-likeness (QED) is 0.202. The third-order valence-electron chi connectivity index (χ3n) is 8.60. The fraction of sp³-hybridized carbons (Fsp3) is 0.200. The van der Waals surface area contributed by atoms with Crippen molar-refractivity contribution in [3.8, 4) is 0 Å². The van der Waals surface area contributed by atoms with E-state index < -0.39 is 0 Å². The monoisotopic (exact) mass is 548 g/mol. The van der Waals surface area contributed by atoms with E-state index in [1.54, 1.807) is 0 Å². The Bertz CT molecular complexity index is 1650. The van der Waals surface area contributed by atoms with Crippen molar-refractivity contribution >= 4 is 46.7 Å². The Balaban J connectivity index is 1.39. The smallest absolute Gasteiger partial charge is 0.0468 e. The molecule has 0 bridgehead atoms. The number of fused-ring (bicyclic) bond motifs is 1. The van der Waals surface area contributed by atoms with E-state index in [2.05, 4.69) is 152 Å². The lowest BCUT2D eigenvalue weighted by molar-refractivity contribution is 0.654. The second kappa shape index (κ2) is 12.5. The number of aryl methyl sites for hydroxylation is 1. The van der Waals surface area contributed by atoms with Crippen LogP contribution in [0.15, 0.2) is 116 Å². The van der Waals surface area contributed by atoms with Gasteiger partial charge in [0.15, 0.2) is 0 Å². The second-order valence-corrected chi connectivity index (χ2v) is 11.3. The lowest BCUT2D eigenvalue weighted by Gasteiger charge is -2.28. The normalized spacial score (nSPS) is 15.9. The number of benzene rings is 4. The van der Waals surface area contributed by atoms with Crippen LogP contribution in [0.25, 0.3) is 18.2 Å². The van der Waals surface area contributed by atoms with E-state index in [4.69, 9.17) is 0 Å². The van der Waals surface area contributed by atoms with E-state index in [1.807, 2.05) is 6.08 Å². The first-order chi connectivity index (χ1) is 20.6. The lowest BCUT2D eigenvalue weighted by atomic mass is 9.89. The van der Waals surface area contributed by atoms with Crippen LogP contribution in [0.1, 0.15) is 66.3 Å². The van der Waals surface area contributed by atoms with Gasteiger partial charge in [-0.25, -0.2) is 0 Å². The van der Waals surface area contributed by atoms with E-state index >= 15 is 0 Å². The van der Waals surface area contributed by atoms with Gasteiger partial charge in [0.2, 0.25) is 0 Å². The highest BCUT2D eigenvalue weighted by molar-refractivity contribution is 5.81. The Hall–Kier alpha value is -4.56. The van der Waals surface area contributed by atoms with Crippen molar-refractivity contribution < 1.29 is 0 Å². The first-order valence-corrected chi connectivity index (χ1v) is 15.2. The van der Waals surface area contributed by atoms with Gasteiger partial charge in [0.25, 0.3) is 0 Å². The van der Waals surface area contributed by atoms with Gasteiger partial charge in [-0.2, -0.15) is 0 Å². The van der Waals surface area contributed by atoms with Gasteiger partial charge in [0.05, 0.1) is 0 Å². The van der Waals surface area contributed by atoms with E-state index in [0.717, 1.165) is 35.5 Å². The average molecular weight is 549 g/mol. The largest absolute Gasteiger partial charge is 0.345 e. The zero-order valence-corrected chi connectivity index (χ0v) is 24.8. The van der Waals surface area contributed by atoms with Crippen molar-refractivity contribution in [2.45, 2.75) is 44.9 Å². The molecule has 42 heavy (non-hydrogen) atoms. The van der Waals surface area contributed by atoms with Crippen LogP contribution in [0.2, 0.25) is 0 Å². The van der Waals surface area contributed by atoms with Gasteiger partial charge in [-0.05, 0) is 128 Å². The predicted octanol–water partition coefficient (Wildman–Crippen LogP) is 11.4. The molecule has 1 unspecified atom stereocenters. The molecule has 210 valence electrons. The van der Waals surface area contributed by atoms with Gasteiger partial charge < -0.3 is 9.80 Å². The van der Waals surface area contributed by atoms with Crippen molar-refractivity contribution in [2.75, 3.05) is 16.8 Å². The molecule has 4 aromatic carbocycles. The summed E-state index contributed by atoms with van der Waals surface area (Å²) < 4.78 is 0. The van der Waals surface area contributed by atoms with Crippen molar-refractivity contribution in [3.05, 3.63) is 144 Å². The summed E-state index contributed by atoms with van der Waals surface area (Å²) in [4.78, 5) is 4.65. The maximum atomic E-state index is 4.04. The second-order valence-electron chi connectivity index (χ2n) is 11.3. The van der Waals surface area contributed by atoms with Gasteiger partial charge in [0, 0.05) is 41.4 Å². The van der Waals surface area contributed by atoms with Crippen LogP contribution in [-0.4, -0.2) is 7.05 Å². The van der Waals surface area contributed by atoms with Gasteiger partial charge in [-0.15, -0.1) is 0 Å². The first kappa shape index (κ1) is 27.6. The standard InChI is InChI=1S/C40H40N2/c1-4-12-33-28-40(22-19-30(33)5-2)42(39-18-11-17-35(29-39)31-13-7-6-8-14-31)37-25-23-36(24-26-37)41(3)38-21-20-32-15-9-10-16-34(32)27-38/h4-5,7,10-13,16-29,31H,2,6,8-9,14-15H2,1,3H3/b12-4-. The van der Waals surface area contributed by atoms with Gasteiger partial charge in [-0.3, -0.25) is 0 Å². The Labute approximate surface area is 251 Å². The predicted molar refractivity (Wildman–Crippen MR) is 184 cm³/mol. The minimum atomic E-state index is 0.477. The summed E-state index contributed by atoms with van der Waals surface area (Å²) in [6.45, 7) is 6.10. The first-order valence-electron chi connectivity index (χ1n) is 15.2. The maximum absolute atomic E-state index is 4.04. The number of hydrogen-bond donors (Lipinski definition) is 0. The molecule has 0 radical (unpaired) electrons. The summed E-state index contributed by atoms with van der Waals surface area (Å²) in [5.74, 6) is 0.477. The third-order valence-corrected chi connectivity index (χ3v) is 8.60. The van der Waals surface area contributed by atoms with Crippen LogP contribution in [-0.2, 0) is 6.42 Å². The van der Waals surface area contributed by atoms with E-state index in [-0.39, 0.29) is 0 Å². The van der Waals surface area contributed by atoms with Gasteiger partial charge in [-0.1, -0.05) is 73.4 Å². The highest BCUT2D eigenvalue weighted by Crippen LogP contribution is 2.39. The summed E-state index contributed by atoms with van der Waals surface area (Å²) in [6.07, 6.45) is 21.3. The molecule has 1 atom stereocenters. The highest BCUT2D eigenvalue weighted by atomic mass is 15.1. The number of hydrogen-bond acceptors (Lipinski definition) is 2.